The summed E-state index contributed by atoms with van der Waals surface area (Å²) >= 11 is 0. The first-order valence-corrected chi connectivity index (χ1v) is 4.88. The van der Waals surface area contributed by atoms with Crippen LogP contribution in [0.25, 0.3) is 0 Å². The molecule has 16 heavy (non-hydrogen) atoms. The molecule has 1 fully saturated rings. The van der Waals surface area contributed by atoms with Gasteiger partial charge in [0.05, 0.1) is 6.54 Å². The van der Waals surface area contributed by atoms with Crippen molar-refractivity contribution < 1.29 is 28.2 Å². The Balaban J connectivity index is 2.49. The van der Waals surface area contributed by atoms with Crippen LogP contribution in [0, 0.1) is 0 Å². The fraction of sp³-hybridized carbons (Fsp3) is 0.889. The molecule has 7 heteroatoms. The van der Waals surface area contributed by atoms with Crippen LogP contribution in [-0.2, 0) is 4.79 Å². The Hall–Kier alpha value is -0.820. The Bertz CT molecular complexity index is 284. The van der Waals surface area contributed by atoms with Crippen LogP contribution in [-0.4, -0.2) is 40.0 Å². The number of carbonyl (C=O) groups excluding carboxylic acids is 1. The largest absolute Gasteiger partial charge is 0.418 e. The van der Waals surface area contributed by atoms with Crippen molar-refractivity contribution in [3.8, 4) is 0 Å². The van der Waals surface area contributed by atoms with E-state index in [2.05, 4.69) is 0 Å². The first-order chi connectivity index (χ1) is 7.08. The van der Waals surface area contributed by atoms with E-state index < -0.39 is 29.8 Å². The highest BCUT2D eigenvalue weighted by Crippen LogP contribution is 2.32. The van der Waals surface area contributed by atoms with Crippen LogP contribution >= 0.6 is 0 Å². The maximum atomic E-state index is 12.2. The summed E-state index contributed by atoms with van der Waals surface area (Å²) in [6.45, 7) is -0.393. The predicted octanol–water partition coefficient (Wildman–Crippen LogP) is 0.331. The van der Waals surface area contributed by atoms with E-state index in [1.165, 1.54) is 0 Å². The van der Waals surface area contributed by atoms with E-state index in [-0.39, 0.29) is 12.8 Å². The minimum absolute atomic E-state index is 0.243. The lowest BCUT2D eigenvalue weighted by Crippen LogP contribution is -2.57. The smallest absolute Gasteiger partial charge is 0.380 e. The lowest BCUT2D eigenvalue weighted by atomic mass is 9.79. The molecule has 0 saturated heterocycles. The summed E-state index contributed by atoms with van der Waals surface area (Å²) in [6.07, 6.45) is -3.66. The van der Waals surface area contributed by atoms with Crippen LogP contribution in [0.2, 0.25) is 0 Å². The Kier molecular flexibility index (Phi) is 3.22. The van der Waals surface area contributed by atoms with E-state index in [9.17, 15) is 23.1 Å². The van der Waals surface area contributed by atoms with Gasteiger partial charge in [0.15, 0.2) is 5.60 Å². The van der Waals surface area contributed by atoms with Crippen LogP contribution in [0.3, 0.4) is 0 Å². The van der Waals surface area contributed by atoms with E-state index in [1.54, 1.807) is 0 Å². The molecule has 1 saturated carbocycles. The highest BCUT2D eigenvalue weighted by atomic mass is 19.4. The van der Waals surface area contributed by atoms with Gasteiger partial charge in [-0.1, -0.05) is 0 Å². The zero-order valence-corrected chi connectivity index (χ0v) is 8.76. The van der Waals surface area contributed by atoms with Gasteiger partial charge in [-0.05, 0) is 26.2 Å². The molecule has 94 valence electrons. The van der Waals surface area contributed by atoms with E-state index in [4.69, 9.17) is 5.11 Å². The molecule has 1 atom stereocenters. The summed E-state index contributed by atoms with van der Waals surface area (Å²) in [4.78, 5) is 11.3. The van der Waals surface area contributed by atoms with Gasteiger partial charge in [0.2, 0.25) is 0 Å². The Morgan fingerprint density at radius 1 is 1.44 bits per heavy atom. The Labute approximate surface area is 90.4 Å². The summed E-state index contributed by atoms with van der Waals surface area (Å²) in [5.41, 5.74) is -4.54. The first kappa shape index (κ1) is 13.2. The molecule has 1 unspecified atom stereocenters. The van der Waals surface area contributed by atoms with Gasteiger partial charge < -0.3 is 15.5 Å². The molecule has 0 aromatic heterocycles. The van der Waals surface area contributed by atoms with Crippen molar-refractivity contribution in [3.05, 3.63) is 0 Å². The summed E-state index contributed by atoms with van der Waals surface area (Å²) < 4.78 is 36.6. The lowest BCUT2D eigenvalue weighted by molar-refractivity contribution is -0.250. The van der Waals surface area contributed by atoms with Gasteiger partial charge in [0.1, 0.15) is 5.60 Å². The molecule has 0 bridgehead atoms. The highest BCUT2D eigenvalue weighted by Gasteiger charge is 2.51. The molecule has 1 aliphatic carbocycles. The number of nitrogens with one attached hydrogen (secondary N) is 1. The zero-order valence-electron chi connectivity index (χ0n) is 8.76. The molecule has 1 amide bonds. The van der Waals surface area contributed by atoms with E-state index in [1.807, 2.05) is 5.32 Å². The van der Waals surface area contributed by atoms with Crippen molar-refractivity contribution in [1.82, 2.24) is 5.32 Å². The van der Waals surface area contributed by atoms with Gasteiger partial charge >= 0.3 is 6.18 Å². The third-order valence-electron chi connectivity index (χ3n) is 2.81. The van der Waals surface area contributed by atoms with Gasteiger partial charge in [0.25, 0.3) is 5.91 Å². The normalized spacial score (nSPS) is 23.1. The topological polar surface area (TPSA) is 69.6 Å². The average Bonchev–Trinajstić information content (AvgIpc) is 2.08. The van der Waals surface area contributed by atoms with Crippen LogP contribution in [0.5, 0.6) is 0 Å². The summed E-state index contributed by atoms with van der Waals surface area (Å²) in [5.74, 6) is -0.858. The highest BCUT2D eigenvalue weighted by molar-refractivity contribution is 5.85. The Morgan fingerprint density at radius 2 is 1.94 bits per heavy atom. The average molecular weight is 241 g/mol. The van der Waals surface area contributed by atoms with Crippen molar-refractivity contribution in [3.63, 3.8) is 0 Å². The van der Waals surface area contributed by atoms with E-state index in [0.717, 1.165) is 0 Å². The number of hydrogen-bond acceptors (Lipinski definition) is 3. The molecule has 0 aromatic carbocycles. The number of carbonyl (C=O) groups is 1. The summed E-state index contributed by atoms with van der Waals surface area (Å²) in [7, 11) is 0. The van der Waals surface area contributed by atoms with Crippen molar-refractivity contribution in [1.29, 1.82) is 0 Å². The molecule has 0 aliphatic heterocycles. The molecule has 1 aliphatic rings. The molecule has 4 nitrogen and oxygen atoms in total. The number of aliphatic hydroxyl groups is 2. The van der Waals surface area contributed by atoms with E-state index >= 15 is 0 Å². The lowest BCUT2D eigenvalue weighted by Gasteiger charge is -2.36. The predicted molar refractivity (Wildman–Crippen MR) is 48.5 cm³/mol. The van der Waals surface area contributed by atoms with Crippen molar-refractivity contribution >= 4 is 5.91 Å². The van der Waals surface area contributed by atoms with Gasteiger partial charge in [-0.3, -0.25) is 4.79 Å². The van der Waals surface area contributed by atoms with Crippen LogP contribution < -0.4 is 5.32 Å². The minimum Gasteiger partial charge on any atom is -0.380 e. The fourth-order valence-electron chi connectivity index (χ4n) is 1.26. The second-order valence-electron chi connectivity index (χ2n) is 4.34. The quantitative estimate of drug-likeness (QED) is 0.667. The fourth-order valence-corrected chi connectivity index (χ4v) is 1.26. The number of hydrogen-bond donors (Lipinski definition) is 3. The Morgan fingerprint density at radius 3 is 2.25 bits per heavy atom. The third-order valence-corrected chi connectivity index (χ3v) is 2.81. The second kappa shape index (κ2) is 3.89. The SMILES string of the molecule is CC(O)(CNC(=O)C1(O)CCC1)C(F)(F)F. The molecule has 0 aromatic rings. The van der Waals surface area contributed by atoms with Crippen molar-refractivity contribution in [2.45, 2.75) is 43.6 Å². The molecule has 0 spiro atoms. The number of amides is 1. The number of rotatable bonds is 3. The third kappa shape index (κ3) is 2.46. The number of halogens is 3. The van der Waals surface area contributed by atoms with E-state index in [0.29, 0.717) is 13.3 Å². The van der Waals surface area contributed by atoms with Gasteiger partial charge in [-0.25, -0.2) is 0 Å². The van der Waals surface area contributed by atoms with Crippen LogP contribution in [0.15, 0.2) is 0 Å². The second-order valence-corrected chi connectivity index (χ2v) is 4.34. The minimum atomic E-state index is -4.82. The van der Waals surface area contributed by atoms with Crippen molar-refractivity contribution in [2.75, 3.05) is 6.54 Å². The standard InChI is InChI=1S/C9H14F3NO3/c1-7(15,9(10,11)12)5-13-6(14)8(16)3-2-4-8/h15-16H,2-5H2,1H3,(H,13,14). The maximum Gasteiger partial charge on any atom is 0.418 e. The monoisotopic (exact) mass is 241 g/mol. The van der Waals surface area contributed by atoms with Crippen LogP contribution in [0.1, 0.15) is 26.2 Å². The zero-order chi connectivity index (χ0) is 12.6. The van der Waals surface area contributed by atoms with Gasteiger partial charge in [0, 0.05) is 0 Å². The summed E-state index contributed by atoms with van der Waals surface area (Å²) in [6, 6.07) is 0. The van der Waals surface area contributed by atoms with Gasteiger partial charge in [-0.15, -0.1) is 0 Å². The van der Waals surface area contributed by atoms with Crippen LogP contribution in [0.4, 0.5) is 13.2 Å². The molecule has 0 radical (unpaired) electrons. The molecule has 3 N–H and O–H groups in total. The molecular weight excluding hydrogens is 227 g/mol. The molecular formula is C9H14F3NO3. The maximum absolute atomic E-state index is 12.2. The number of alkyl halides is 3. The molecule has 1 rings (SSSR count). The van der Waals surface area contributed by atoms with Crippen molar-refractivity contribution in [2.24, 2.45) is 0 Å². The molecule has 0 heterocycles. The summed E-state index contributed by atoms with van der Waals surface area (Å²) in [5, 5.41) is 20.5. The first-order valence-electron chi connectivity index (χ1n) is 4.88. The van der Waals surface area contributed by atoms with Gasteiger partial charge in [-0.2, -0.15) is 13.2 Å².